The predicted molar refractivity (Wildman–Crippen MR) is 62.4 cm³/mol. The summed E-state index contributed by atoms with van der Waals surface area (Å²) in [5, 5.41) is -0.555. The Bertz CT molecular complexity index is 422. The van der Waals surface area contributed by atoms with Crippen LogP contribution in [0.15, 0.2) is 24.3 Å². The van der Waals surface area contributed by atoms with Gasteiger partial charge in [0.2, 0.25) is 0 Å². The van der Waals surface area contributed by atoms with Gasteiger partial charge in [0.25, 0.3) is 0 Å². The maximum atomic E-state index is 11.3. The molecule has 0 unspecified atom stereocenters. The van der Waals surface area contributed by atoms with Crippen LogP contribution in [0.25, 0.3) is 0 Å². The fourth-order valence-corrected chi connectivity index (χ4v) is 2.02. The summed E-state index contributed by atoms with van der Waals surface area (Å²) in [6, 6.07) is 7.16. The zero-order valence-corrected chi connectivity index (χ0v) is 10.1. The first kappa shape index (κ1) is 12.2. The van der Waals surface area contributed by atoms with Crippen molar-refractivity contribution < 1.29 is 8.42 Å². The molecule has 0 radical (unpaired) electrons. The summed E-state index contributed by atoms with van der Waals surface area (Å²) in [5.41, 5.74) is 7.89. The van der Waals surface area contributed by atoms with Crippen LogP contribution in [0.3, 0.4) is 0 Å². The number of rotatable bonds is 3. The van der Waals surface area contributed by atoms with Crippen molar-refractivity contribution in [2.45, 2.75) is 25.1 Å². The van der Waals surface area contributed by atoms with Gasteiger partial charge < -0.3 is 5.73 Å². The van der Waals surface area contributed by atoms with E-state index in [9.17, 15) is 8.42 Å². The van der Waals surface area contributed by atoms with E-state index >= 15 is 0 Å². The lowest BCUT2D eigenvalue weighted by Gasteiger charge is -2.18. The van der Waals surface area contributed by atoms with Crippen LogP contribution < -0.4 is 5.73 Å². The molecule has 2 N–H and O–H groups in total. The number of nitrogens with two attached hydrogens (primary N) is 1. The minimum absolute atomic E-state index is 0.458. The Morgan fingerprint density at radius 3 is 2.07 bits per heavy atom. The quantitative estimate of drug-likeness (QED) is 0.849. The van der Waals surface area contributed by atoms with Crippen molar-refractivity contribution in [2.75, 3.05) is 6.26 Å². The van der Waals surface area contributed by atoms with Crippen LogP contribution in [0.1, 0.15) is 24.1 Å². The van der Waals surface area contributed by atoms with Gasteiger partial charge >= 0.3 is 0 Å². The summed E-state index contributed by atoms with van der Waals surface area (Å²) < 4.78 is 22.7. The van der Waals surface area contributed by atoms with Gasteiger partial charge in [-0.1, -0.05) is 29.8 Å². The molecule has 1 aromatic rings. The number of hydrogen-bond donors (Lipinski definition) is 1. The van der Waals surface area contributed by atoms with Gasteiger partial charge in [0.05, 0.1) is 5.25 Å². The molecular weight excluding hydrogens is 210 g/mol. The zero-order chi connectivity index (χ0) is 11.6. The number of benzene rings is 1. The molecule has 0 fully saturated rings. The molecular formula is C11H17NO2S. The van der Waals surface area contributed by atoms with E-state index < -0.39 is 21.1 Å². The summed E-state index contributed by atoms with van der Waals surface area (Å²) in [6.45, 7) is 3.62. The molecule has 0 aliphatic heterocycles. The van der Waals surface area contributed by atoms with Crippen molar-refractivity contribution in [3.8, 4) is 0 Å². The van der Waals surface area contributed by atoms with E-state index in [1.54, 1.807) is 6.92 Å². The molecule has 15 heavy (non-hydrogen) atoms. The average Bonchev–Trinajstić information content (AvgIpc) is 2.15. The highest BCUT2D eigenvalue weighted by atomic mass is 32.2. The second-order valence-corrected chi connectivity index (χ2v) is 6.37. The van der Waals surface area contributed by atoms with Crippen LogP contribution in [0.2, 0.25) is 0 Å². The van der Waals surface area contributed by atoms with Gasteiger partial charge in [-0.3, -0.25) is 0 Å². The third-order valence-corrected chi connectivity index (χ3v) is 4.29. The highest BCUT2D eigenvalue weighted by molar-refractivity contribution is 7.91. The molecule has 0 heterocycles. The Balaban J connectivity index is 2.95. The van der Waals surface area contributed by atoms with E-state index in [0.29, 0.717) is 0 Å². The second-order valence-electron chi connectivity index (χ2n) is 3.97. The van der Waals surface area contributed by atoms with E-state index in [0.717, 1.165) is 11.1 Å². The lowest BCUT2D eigenvalue weighted by atomic mass is 10.0. The lowest BCUT2D eigenvalue weighted by Crippen LogP contribution is -2.30. The van der Waals surface area contributed by atoms with Gasteiger partial charge in [0.1, 0.15) is 0 Å². The zero-order valence-electron chi connectivity index (χ0n) is 9.27. The topological polar surface area (TPSA) is 60.2 Å². The van der Waals surface area contributed by atoms with E-state index in [2.05, 4.69) is 0 Å². The molecule has 0 amide bonds. The number of sulfone groups is 1. The standard InChI is InChI=1S/C11H17NO2S/c1-8-4-6-10(7-5-8)11(12)9(2)15(3,13)14/h4-7,9,11H,12H2,1-3H3/t9-,11+/m1/s1. The molecule has 0 saturated carbocycles. The Hall–Kier alpha value is -0.870. The SMILES string of the molecule is Cc1ccc([C@@H](N)[C@@H](C)S(C)(=O)=O)cc1. The summed E-state index contributed by atoms with van der Waals surface area (Å²) in [6.07, 6.45) is 1.21. The van der Waals surface area contributed by atoms with Crippen molar-refractivity contribution >= 4 is 9.84 Å². The first-order valence-electron chi connectivity index (χ1n) is 4.83. The molecule has 84 valence electrons. The molecule has 3 nitrogen and oxygen atoms in total. The van der Waals surface area contributed by atoms with Crippen LogP contribution in [0, 0.1) is 6.92 Å². The minimum Gasteiger partial charge on any atom is -0.323 e. The molecule has 1 rings (SSSR count). The first-order valence-corrected chi connectivity index (χ1v) is 6.79. The van der Waals surface area contributed by atoms with Gasteiger partial charge in [-0.25, -0.2) is 8.42 Å². The summed E-state index contributed by atoms with van der Waals surface area (Å²) >= 11 is 0. The fraction of sp³-hybridized carbons (Fsp3) is 0.455. The van der Waals surface area contributed by atoms with Crippen molar-refractivity contribution in [3.05, 3.63) is 35.4 Å². The third-order valence-electron chi connectivity index (χ3n) is 2.64. The van der Waals surface area contributed by atoms with Crippen molar-refractivity contribution in [1.29, 1.82) is 0 Å². The normalized spacial score (nSPS) is 16.0. The van der Waals surface area contributed by atoms with Crippen LogP contribution in [0.5, 0.6) is 0 Å². The maximum absolute atomic E-state index is 11.3. The first-order chi connectivity index (χ1) is 6.82. The highest BCUT2D eigenvalue weighted by Gasteiger charge is 2.23. The molecule has 2 atom stereocenters. The van der Waals surface area contributed by atoms with Gasteiger partial charge in [-0.2, -0.15) is 0 Å². The Kier molecular flexibility index (Phi) is 3.52. The average molecular weight is 227 g/mol. The highest BCUT2D eigenvalue weighted by Crippen LogP contribution is 2.19. The maximum Gasteiger partial charge on any atom is 0.151 e. The third kappa shape index (κ3) is 3.04. The van der Waals surface area contributed by atoms with Crippen molar-refractivity contribution in [1.82, 2.24) is 0 Å². The molecule has 4 heteroatoms. The second kappa shape index (κ2) is 4.33. The monoisotopic (exact) mass is 227 g/mol. The van der Waals surface area contributed by atoms with E-state index in [1.807, 2.05) is 31.2 Å². The lowest BCUT2D eigenvalue weighted by molar-refractivity contribution is 0.571. The largest absolute Gasteiger partial charge is 0.323 e. The van der Waals surface area contributed by atoms with Crippen LogP contribution in [0.4, 0.5) is 0 Å². The summed E-state index contributed by atoms with van der Waals surface area (Å²) in [4.78, 5) is 0. The van der Waals surface area contributed by atoms with Crippen LogP contribution >= 0.6 is 0 Å². The Morgan fingerprint density at radius 2 is 1.67 bits per heavy atom. The number of hydrogen-bond acceptors (Lipinski definition) is 3. The molecule has 0 aliphatic rings. The Morgan fingerprint density at radius 1 is 1.20 bits per heavy atom. The predicted octanol–water partition coefficient (Wildman–Crippen LogP) is 1.43. The molecule has 0 saturated heterocycles. The van der Waals surface area contributed by atoms with Gasteiger partial charge in [0, 0.05) is 12.3 Å². The summed E-state index contributed by atoms with van der Waals surface area (Å²) in [7, 11) is -3.09. The summed E-state index contributed by atoms with van der Waals surface area (Å²) in [5.74, 6) is 0. The van der Waals surface area contributed by atoms with Gasteiger partial charge in [-0.05, 0) is 19.4 Å². The smallest absolute Gasteiger partial charge is 0.151 e. The molecule has 0 bridgehead atoms. The van der Waals surface area contributed by atoms with Crippen molar-refractivity contribution in [3.63, 3.8) is 0 Å². The fourth-order valence-electron chi connectivity index (χ4n) is 1.33. The minimum atomic E-state index is -3.09. The molecule has 0 aromatic heterocycles. The van der Waals surface area contributed by atoms with Crippen LogP contribution in [-0.2, 0) is 9.84 Å². The number of aryl methyl sites for hydroxylation is 1. The van der Waals surface area contributed by atoms with E-state index in [-0.39, 0.29) is 0 Å². The van der Waals surface area contributed by atoms with Crippen LogP contribution in [-0.4, -0.2) is 19.9 Å². The molecule has 1 aromatic carbocycles. The van der Waals surface area contributed by atoms with Crippen molar-refractivity contribution in [2.24, 2.45) is 5.73 Å². The molecule has 0 spiro atoms. The van der Waals surface area contributed by atoms with Gasteiger partial charge in [0.15, 0.2) is 9.84 Å². The molecule has 0 aliphatic carbocycles. The van der Waals surface area contributed by atoms with Gasteiger partial charge in [-0.15, -0.1) is 0 Å². The van der Waals surface area contributed by atoms with E-state index in [4.69, 9.17) is 5.73 Å². The van der Waals surface area contributed by atoms with E-state index in [1.165, 1.54) is 6.26 Å². The Labute approximate surface area is 91.2 Å².